The maximum absolute atomic E-state index is 5.84. The SMILES string of the molecule is Cl.Cl.c1ccc2c(c1)CN1CCNCC1CO2. The van der Waals surface area contributed by atoms with Gasteiger partial charge >= 0.3 is 0 Å². The van der Waals surface area contributed by atoms with Crippen LogP contribution >= 0.6 is 24.8 Å². The Balaban J connectivity index is 0.000000722. The number of nitrogens with one attached hydrogen (secondary N) is 1. The molecule has 1 unspecified atom stereocenters. The number of nitrogens with zero attached hydrogens (tertiary/aromatic N) is 1. The lowest BCUT2D eigenvalue weighted by molar-refractivity contribution is 0.120. The first-order valence-electron chi connectivity index (χ1n) is 5.59. The van der Waals surface area contributed by atoms with Gasteiger partial charge in [0.05, 0.1) is 6.04 Å². The molecule has 5 heteroatoms. The smallest absolute Gasteiger partial charge is 0.123 e. The van der Waals surface area contributed by atoms with Crippen molar-refractivity contribution < 1.29 is 4.74 Å². The first kappa shape index (κ1) is 14.6. The zero-order chi connectivity index (χ0) is 10.1. The van der Waals surface area contributed by atoms with Crippen molar-refractivity contribution in [2.75, 3.05) is 26.2 Å². The van der Waals surface area contributed by atoms with Gasteiger partial charge in [-0.25, -0.2) is 0 Å². The summed E-state index contributed by atoms with van der Waals surface area (Å²) in [6, 6.07) is 8.90. The van der Waals surface area contributed by atoms with Gasteiger partial charge in [-0.15, -0.1) is 24.8 Å². The summed E-state index contributed by atoms with van der Waals surface area (Å²) in [5.41, 5.74) is 1.32. The molecule has 0 saturated carbocycles. The number of para-hydroxylation sites is 1. The van der Waals surface area contributed by atoms with Crippen molar-refractivity contribution >= 4 is 24.8 Å². The van der Waals surface area contributed by atoms with Crippen molar-refractivity contribution in [2.45, 2.75) is 12.6 Å². The number of piperazine rings is 1. The second kappa shape index (κ2) is 6.45. The summed E-state index contributed by atoms with van der Waals surface area (Å²) in [4.78, 5) is 2.52. The van der Waals surface area contributed by atoms with E-state index in [1.165, 1.54) is 5.56 Å². The van der Waals surface area contributed by atoms with Gasteiger partial charge in [0.25, 0.3) is 0 Å². The van der Waals surface area contributed by atoms with Crippen LogP contribution in [0.3, 0.4) is 0 Å². The number of hydrogen-bond donors (Lipinski definition) is 1. The predicted molar refractivity (Wildman–Crippen MR) is 73.5 cm³/mol. The Morgan fingerprint density at radius 3 is 2.94 bits per heavy atom. The first-order valence-corrected chi connectivity index (χ1v) is 5.59. The van der Waals surface area contributed by atoms with Crippen LogP contribution < -0.4 is 10.1 Å². The summed E-state index contributed by atoms with van der Waals surface area (Å²) in [5.74, 6) is 1.06. The van der Waals surface area contributed by atoms with Gasteiger partial charge in [0.15, 0.2) is 0 Å². The Kier molecular flexibility index (Phi) is 5.53. The van der Waals surface area contributed by atoms with Crippen LogP contribution in [0.4, 0.5) is 0 Å². The van der Waals surface area contributed by atoms with E-state index < -0.39 is 0 Å². The molecule has 17 heavy (non-hydrogen) atoms. The van der Waals surface area contributed by atoms with Crippen molar-refractivity contribution in [1.82, 2.24) is 10.2 Å². The molecular weight excluding hydrogens is 259 g/mol. The van der Waals surface area contributed by atoms with Gasteiger partial charge in [-0.1, -0.05) is 18.2 Å². The molecule has 2 aliphatic rings. The number of fused-ring (bicyclic) bond motifs is 2. The Morgan fingerprint density at radius 2 is 2.06 bits per heavy atom. The molecule has 1 fully saturated rings. The fourth-order valence-corrected chi connectivity index (χ4v) is 2.36. The third kappa shape index (κ3) is 3.05. The second-order valence-corrected chi connectivity index (χ2v) is 4.25. The average molecular weight is 277 g/mol. The molecule has 3 rings (SSSR count). The quantitative estimate of drug-likeness (QED) is 0.781. The number of benzene rings is 1. The van der Waals surface area contributed by atoms with Crippen LogP contribution in [0.5, 0.6) is 5.75 Å². The van der Waals surface area contributed by atoms with Gasteiger partial charge in [-0.05, 0) is 6.07 Å². The fourth-order valence-electron chi connectivity index (χ4n) is 2.36. The Labute approximate surface area is 114 Å². The topological polar surface area (TPSA) is 24.5 Å². The van der Waals surface area contributed by atoms with Gasteiger partial charge in [0, 0.05) is 31.7 Å². The van der Waals surface area contributed by atoms with Crippen molar-refractivity contribution in [3.8, 4) is 5.75 Å². The fraction of sp³-hybridized carbons (Fsp3) is 0.500. The molecule has 1 aromatic rings. The lowest BCUT2D eigenvalue weighted by atomic mass is 10.1. The van der Waals surface area contributed by atoms with Gasteiger partial charge in [0.2, 0.25) is 0 Å². The third-order valence-electron chi connectivity index (χ3n) is 3.25. The largest absolute Gasteiger partial charge is 0.492 e. The molecule has 2 aliphatic heterocycles. The molecule has 0 aliphatic carbocycles. The minimum atomic E-state index is 0. The molecule has 3 nitrogen and oxygen atoms in total. The molecule has 96 valence electrons. The summed E-state index contributed by atoms with van der Waals surface area (Å²) in [6.07, 6.45) is 0. The molecule has 1 N–H and O–H groups in total. The van der Waals surface area contributed by atoms with Gasteiger partial charge < -0.3 is 10.1 Å². The monoisotopic (exact) mass is 276 g/mol. The minimum Gasteiger partial charge on any atom is -0.492 e. The van der Waals surface area contributed by atoms with E-state index in [1.807, 2.05) is 6.07 Å². The number of rotatable bonds is 0. The van der Waals surface area contributed by atoms with Gasteiger partial charge in [-0.2, -0.15) is 0 Å². The molecule has 0 radical (unpaired) electrons. The van der Waals surface area contributed by atoms with E-state index in [9.17, 15) is 0 Å². The van der Waals surface area contributed by atoms with E-state index in [4.69, 9.17) is 4.74 Å². The van der Waals surface area contributed by atoms with E-state index >= 15 is 0 Å². The summed E-state index contributed by atoms with van der Waals surface area (Å²) in [6.45, 7) is 5.11. The summed E-state index contributed by atoms with van der Waals surface area (Å²) >= 11 is 0. The maximum Gasteiger partial charge on any atom is 0.123 e. The highest BCUT2D eigenvalue weighted by Gasteiger charge is 2.26. The molecule has 0 spiro atoms. The normalized spacial score (nSPS) is 22.9. The van der Waals surface area contributed by atoms with E-state index in [1.54, 1.807) is 0 Å². The van der Waals surface area contributed by atoms with E-state index in [0.29, 0.717) is 6.04 Å². The molecule has 1 saturated heterocycles. The summed E-state index contributed by atoms with van der Waals surface area (Å²) < 4.78 is 5.84. The van der Waals surface area contributed by atoms with Crippen molar-refractivity contribution in [3.63, 3.8) is 0 Å². The number of halogens is 2. The molecule has 2 heterocycles. The zero-order valence-corrected chi connectivity index (χ0v) is 11.2. The molecule has 0 bridgehead atoms. The van der Waals surface area contributed by atoms with Crippen LogP contribution in [-0.2, 0) is 6.54 Å². The van der Waals surface area contributed by atoms with Crippen LogP contribution in [0.1, 0.15) is 5.56 Å². The van der Waals surface area contributed by atoms with Crippen molar-refractivity contribution in [2.24, 2.45) is 0 Å². The molecule has 0 amide bonds. The van der Waals surface area contributed by atoms with Crippen LogP contribution in [0.25, 0.3) is 0 Å². The molecule has 1 aromatic carbocycles. The number of ether oxygens (including phenoxy) is 1. The first-order chi connectivity index (χ1) is 7.43. The summed E-state index contributed by atoms with van der Waals surface area (Å²) in [7, 11) is 0. The Bertz CT molecular complexity index is 362. The van der Waals surface area contributed by atoms with Crippen LogP contribution in [0.15, 0.2) is 24.3 Å². The maximum atomic E-state index is 5.84. The predicted octanol–water partition coefficient (Wildman–Crippen LogP) is 1.70. The average Bonchev–Trinajstić information content (AvgIpc) is 2.48. The molecule has 1 atom stereocenters. The van der Waals surface area contributed by atoms with Gasteiger partial charge in [-0.3, -0.25) is 4.90 Å². The lowest BCUT2D eigenvalue weighted by Gasteiger charge is -2.33. The van der Waals surface area contributed by atoms with E-state index in [0.717, 1.165) is 38.5 Å². The minimum absolute atomic E-state index is 0. The Hall–Kier alpha value is -0.480. The van der Waals surface area contributed by atoms with Crippen LogP contribution in [0, 0.1) is 0 Å². The second-order valence-electron chi connectivity index (χ2n) is 4.25. The highest BCUT2D eigenvalue weighted by Crippen LogP contribution is 2.24. The van der Waals surface area contributed by atoms with E-state index in [2.05, 4.69) is 28.4 Å². The highest BCUT2D eigenvalue weighted by molar-refractivity contribution is 5.85. The third-order valence-corrected chi connectivity index (χ3v) is 3.25. The number of hydrogen-bond acceptors (Lipinski definition) is 3. The van der Waals surface area contributed by atoms with Crippen molar-refractivity contribution in [3.05, 3.63) is 29.8 Å². The van der Waals surface area contributed by atoms with Crippen LogP contribution in [0.2, 0.25) is 0 Å². The van der Waals surface area contributed by atoms with Crippen LogP contribution in [-0.4, -0.2) is 37.2 Å². The summed E-state index contributed by atoms with van der Waals surface area (Å²) in [5, 5.41) is 3.42. The van der Waals surface area contributed by atoms with Gasteiger partial charge in [0.1, 0.15) is 12.4 Å². The highest BCUT2D eigenvalue weighted by atomic mass is 35.5. The molecular formula is C12H18Cl2N2O. The van der Waals surface area contributed by atoms with Crippen molar-refractivity contribution in [1.29, 1.82) is 0 Å². The lowest BCUT2D eigenvalue weighted by Crippen LogP contribution is -2.52. The standard InChI is InChI=1S/C12H16N2O.2ClH/c1-2-4-12-10(3-1)8-14-6-5-13-7-11(14)9-15-12;;/h1-4,11,13H,5-9H2;2*1H. The zero-order valence-electron chi connectivity index (χ0n) is 9.59. The van der Waals surface area contributed by atoms with E-state index in [-0.39, 0.29) is 24.8 Å². The Morgan fingerprint density at radius 1 is 1.24 bits per heavy atom. The molecule has 0 aromatic heterocycles.